The van der Waals surface area contributed by atoms with Crippen molar-refractivity contribution >= 4 is 40.6 Å². The fourth-order valence-electron chi connectivity index (χ4n) is 3.05. The summed E-state index contributed by atoms with van der Waals surface area (Å²) < 4.78 is 40.0. The van der Waals surface area contributed by atoms with Gasteiger partial charge in [0.2, 0.25) is 0 Å². The number of hydrogen-bond donors (Lipinski definition) is 2. The third-order valence-electron chi connectivity index (χ3n) is 4.12. The number of hydrogen-bond acceptors (Lipinski definition) is 3. The number of fused-ring (bicyclic) bond motifs is 1. The zero-order valence-electron chi connectivity index (χ0n) is 12.7. The lowest BCUT2D eigenvalue weighted by Crippen LogP contribution is -2.35. The average molecular weight is 380 g/mol. The van der Waals surface area contributed by atoms with E-state index in [1.54, 1.807) is 6.07 Å². The topological polar surface area (TPSA) is 50.9 Å². The number of nitrogens with two attached hydrogens (primary N) is 1. The summed E-state index contributed by atoms with van der Waals surface area (Å²) in [5, 5.41) is 4.03. The second-order valence-electron chi connectivity index (χ2n) is 5.99. The Kier molecular flexibility index (Phi) is 5.83. The molecule has 3 N–H and O–H groups in total. The number of nitrogens with one attached hydrogen (secondary N) is 1. The molecule has 1 aromatic heterocycles. The fourth-order valence-corrected chi connectivity index (χ4v) is 3.23. The van der Waals surface area contributed by atoms with Crippen LogP contribution in [0.5, 0.6) is 0 Å². The fraction of sp³-hybridized carbons (Fsp3) is 0.438. The predicted octanol–water partition coefficient (Wildman–Crippen LogP) is 5.01. The summed E-state index contributed by atoms with van der Waals surface area (Å²) in [5.74, 6) is 0. The number of pyridine rings is 1. The molecule has 1 fully saturated rings. The van der Waals surface area contributed by atoms with Crippen molar-refractivity contribution in [2.45, 2.75) is 43.9 Å². The first-order chi connectivity index (χ1) is 10.8. The van der Waals surface area contributed by atoms with Gasteiger partial charge in [-0.15, -0.1) is 12.4 Å². The van der Waals surface area contributed by atoms with Crippen LogP contribution in [0.4, 0.5) is 18.9 Å². The van der Waals surface area contributed by atoms with E-state index >= 15 is 0 Å². The van der Waals surface area contributed by atoms with Crippen molar-refractivity contribution in [3.05, 3.63) is 35.0 Å². The summed E-state index contributed by atoms with van der Waals surface area (Å²) in [5.41, 5.74) is 5.28. The molecular formula is C16H18Cl2F3N3. The van der Waals surface area contributed by atoms with Gasteiger partial charge in [-0.2, -0.15) is 13.2 Å². The van der Waals surface area contributed by atoms with Gasteiger partial charge < -0.3 is 11.1 Å². The van der Waals surface area contributed by atoms with E-state index < -0.39 is 11.9 Å². The molecule has 0 radical (unpaired) electrons. The highest BCUT2D eigenvalue weighted by Gasteiger charge is 2.36. The van der Waals surface area contributed by atoms with Gasteiger partial charge in [0, 0.05) is 22.5 Å². The van der Waals surface area contributed by atoms with Crippen molar-refractivity contribution in [2.24, 2.45) is 5.73 Å². The maximum absolute atomic E-state index is 13.3. The minimum atomic E-state index is -4.52. The Morgan fingerprint density at radius 2 is 1.96 bits per heavy atom. The Labute approximate surface area is 149 Å². The van der Waals surface area contributed by atoms with E-state index in [9.17, 15) is 13.2 Å². The summed E-state index contributed by atoms with van der Waals surface area (Å²) in [6.45, 7) is 0. The van der Waals surface area contributed by atoms with E-state index in [4.69, 9.17) is 17.3 Å². The molecule has 0 bridgehead atoms. The van der Waals surface area contributed by atoms with Gasteiger partial charge in [-0.25, -0.2) is 4.98 Å². The molecule has 0 aliphatic heterocycles. The van der Waals surface area contributed by atoms with E-state index in [2.05, 4.69) is 10.3 Å². The highest BCUT2D eigenvalue weighted by atomic mass is 35.5. The summed E-state index contributed by atoms with van der Waals surface area (Å²) >= 11 is 5.92. The zero-order chi connectivity index (χ0) is 16.6. The Morgan fingerprint density at radius 3 is 2.62 bits per heavy atom. The molecule has 24 heavy (non-hydrogen) atoms. The lowest BCUT2D eigenvalue weighted by Gasteiger charge is -2.29. The van der Waals surface area contributed by atoms with E-state index in [1.807, 2.05) is 0 Å². The Morgan fingerprint density at radius 1 is 1.21 bits per heavy atom. The molecule has 1 aliphatic carbocycles. The number of anilines is 1. The van der Waals surface area contributed by atoms with Crippen LogP contribution in [0.3, 0.4) is 0 Å². The molecule has 8 heteroatoms. The quantitative estimate of drug-likeness (QED) is 0.770. The van der Waals surface area contributed by atoms with Crippen molar-refractivity contribution in [2.75, 3.05) is 5.32 Å². The maximum Gasteiger partial charge on any atom is 0.435 e. The lowest BCUT2D eigenvalue weighted by atomic mass is 9.91. The van der Waals surface area contributed by atoms with E-state index in [0.29, 0.717) is 16.8 Å². The van der Waals surface area contributed by atoms with E-state index in [1.165, 1.54) is 18.2 Å². The van der Waals surface area contributed by atoms with Crippen LogP contribution in [0.25, 0.3) is 10.9 Å². The van der Waals surface area contributed by atoms with Crippen LogP contribution in [-0.2, 0) is 6.18 Å². The van der Waals surface area contributed by atoms with Crippen molar-refractivity contribution in [3.63, 3.8) is 0 Å². The van der Waals surface area contributed by atoms with Gasteiger partial charge in [-0.05, 0) is 49.9 Å². The summed E-state index contributed by atoms with van der Waals surface area (Å²) in [7, 11) is 0. The molecule has 1 saturated carbocycles. The summed E-state index contributed by atoms with van der Waals surface area (Å²) in [6, 6.07) is 6.06. The second kappa shape index (κ2) is 7.33. The van der Waals surface area contributed by atoms with Gasteiger partial charge in [0.05, 0.1) is 11.2 Å². The van der Waals surface area contributed by atoms with Crippen molar-refractivity contribution < 1.29 is 13.2 Å². The molecule has 132 valence electrons. The Bertz CT molecular complexity index is 722. The number of alkyl halides is 3. The summed E-state index contributed by atoms with van der Waals surface area (Å²) in [6.07, 6.45) is -1.24. The van der Waals surface area contributed by atoms with E-state index in [0.717, 1.165) is 19.3 Å². The van der Waals surface area contributed by atoms with Crippen LogP contribution >= 0.6 is 24.0 Å². The number of halogens is 5. The van der Waals surface area contributed by atoms with Gasteiger partial charge in [-0.1, -0.05) is 11.6 Å². The average Bonchev–Trinajstić information content (AvgIpc) is 2.45. The highest BCUT2D eigenvalue weighted by molar-refractivity contribution is 6.31. The molecule has 0 amide bonds. The third-order valence-corrected chi connectivity index (χ3v) is 4.35. The molecule has 1 heterocycles. The normalized spacial score (nSPS) is 21.4. The molecule has 3 rings (SSSR count). The molecule has 1 aliphatic rings. The molecular weight excluding hydrogens is 362 g/mol. The Hall–Kier alpha value is -1.24. The number of nitrogens with zero attached hydrogens (tertiary/aromatic N) is 1. The standard InChI is InChI=1S/C16H17ClF3N3.ClH/c17-10-4-5-13-9(6-10)7-14(15(23-13)16(18,19)20)22-12-3-1-2-11(21)8-12;/h4-7,11-12,22H,1-3,8,21H2;1H/t11-,12+;/m1./s1. The molecule has 3 nitrogen and oxygen atoms in total. The first-order valence-electron chi connectivity index (χ1n) is 7.52. The molecule has 2 atom stereocenters. The maximum atomic E-state index is 13.3. The van der Waals surface area contributed by atoms with Crippen molar-refractivity contribution in [3.8, 4) is 0 Å². The largest absolute Gasteiger partial charge is 0.435 e. The van der Waals surface area contributed by atoms with Crippen LogP contribution < -0.4 is 11.1 Å². The minimum absolute atomic E-state index is 0. The Balaban J connectivity index is 0.00000208. The van der Waals surface area contributed by atoms with Gasteiger partial charge in [0.1, 0.15) is 0 Å². The highest BCUT2D eigenvalue weighted by Crippen LogP contribution is 2.36. The molecule has 0 unspecified atom stereocenters. The number of benzene rings is 1. The summed E-state index contributed by atoms with van der Waals surface area (Å²) in [4.78, 5) is 3.79. The molecule has 2 aromatic rings. The molecule has 0 spiro atoms. The van der Waals surface area contributed by atoms with Crippen molar-refractivity contribution in [1.29, 1.82) is 0 Å². The van der Waals surface area contributed by atoms with Crippen LogP contribution in [-0.4, -0.2) is 17.1 Å². The van der Waals surface area contributed by atoms with Crippen molar-refractivity contribution in [1.82, 2.24) is 4.98 Å². The first kappa shape index (κ1) is 19.1. The van der Waals surface area contributed by atoms with Gasteiger partial charge in [0.25, 0.3) is 0 Å². The number of rotatable bonds is 2. The van der Waals surface area contributed by atoms with Crippen LogP contribution in [0.15, 0.2) is 24.3 Å². The zero-order valence-corrected chi connectivity index (χ0v) is 14.3. The van der Waals surface area contributed by atoms with Crippen LogP contribution in [0.1, 0.15) is 31.4 Å². The van der Waals surface area contributed by atoms with Gasteiger partial charge >= 0.3 is 6.18 Å². The first-order valence-corrected chi connectivity index (χ1v) is 7.90. The van der Waals surface area contributed by atoms with Crippen LogP contribution in [0.2, 0.25) is 5.02 Å². The van der Waals surface area contributed by atoms with Gasteiger partial charge in [-0.3, -0.25) is 0 Å². The molecule has 0 saturated heterocycles. The van der Waals surface area contributed by atoms with E-state index in [-0.39, 0.29) is 35.7 Å². The second-order valence-corrected chi connectivity index (χ2v) is 6.42. The molecule has 1 aromatic carbocycles. The smallest absolute Gasteiger partial charge is 0.380 e. The predicted molar refractivity (Wildman–Crippen MR) is 92.9 cm³/mol. The SMILES string of the molecule is Cl.N[C@@H]1CCC[C@H](Nc2cc3cc(Cl)ccc3nc2C(F)(F)F)C1. The van der Waals surface area contributed by atoms with Crippen LogP contribution in [0, 0.1) is 0 Å². The monoisotopic (exact) mass is 379 g/mol. The number of aromatic nitrogens is 1. The minimum Gasteiger partial charge on any atom is -0.380 e. The van der Waals surface area contributed by atoms with Gasteiger partial charge in [0.15, 0.2) is 5.69 Å². The lowest BCUT2D eigenvalue weighted by molar-refractivity contribution is -0.140. The third kappa shape index (κ3) is 4.23.